The number of carbonyl (C=O) groups is 1. The molecule has 2 aromatic carbocycles. The first kappa shape index (κ1) is 15.4. The van der Waals surface area contributed by atoms with Crippen molar-refractivity contribution in [2.75, 3.05) is 13.2 Å². The number of para-hydroxylation sites is 1. The summed E-state index contributed by atoms with van der Waals surface area (Å²) in [6.45, 7) is 4.71. The molecule has 0 bridgehead atoms. The van der Waals surface area contributed by atoms with E-state index >= 15 is 0 Å². The molecular formula is C19H21NO3. The third-order valence-electron chi connectivity index (χ3n) is 4.14. The van der Waals surface area contributed by atoms with Crippen molar-refractivity contribution in [1.82, 2.24) is 5.32 Å². The maximum Gasteiger partial charge on any atom is 0.258 e. The standard InChI is InChI=1S/C19H21NO3/c1-13-7-8-15(11-14(13)2)23-12-19(21)20-17-9-10-22-18-6-4-3-5-16(17)18/h3-8,11,17H,9-10,12H2,1-2H3,(H,20,21). The zero-order valence-corrected chi connectivity index (χ0v) is 13.5. The molecule has 23 heavy (non-hydrogen) atoms. The van der Waals surface area contributed by atoms with Crippen molar-refractivity contribution in [2.24, 2.45) is 0 Å². The topological polar surface area (TPSA) is 47.6 Å². The second-order valence-corrected chi connectivity index (χ2v) is 5.83. The van der Waals surface area contributed by atoms with E-state index in [9.17, 15) is 4.79 Å². The second kappa shape index (κ2) is 6.73. The first-order chi connectivity index (χ1) is 11.1. The lowest BCUT2D eigenvalue weighted by Gasteiger charge is -2.26. The molecule has 0 spiro atoms. The fraction of sp³-hybridized carbons (Fsp3) is 0.316. The van der Waals surface area contributed by atoms with E-state index in [0.29, 0.717) is 6.61 Å². The number of fused-ring (bicyclic) bond motifs is 1. The van der Waals surface area contributed by atoms with Gasteiger partial charge in [0.2, 0.25) is 0 Å². The lowest BCUT2D eigenvalue weighted by Crippen LogP contribution is -2.35. The molecule has 4 heteroatoms. The number of benzene rings is 2. The van der Waals surface area contributed by atoms with Crippen LogP contribution in [0.2, 0.25) is 0 Å². The first-order valence-corrected chi connectivity index (χ1v) is 7.84. The van der Waals surface area contributed by atoms with Gasteiger partial charge in [0, 0.05) is 12.0 Å². The van der Waals surface area contributed by atoms with Crippen LogP contribution in [0.25, 0.3) is 0 Å². The maximum atomic E-state index is 12.2. The van der Waals surface area contributed by atoms with Crippen molar-refractivity contribution < 1.29 is 14.3 Å². The molecule has 1 aliphatic heterocycles. The van der Waals surface area contributed by atoms with Crippen LogP contribution in [0.3, 0.4) is 0 Å². The van der Waals surface area contributed by atoms with Gasteiger partial charge >= 0.3 is 0 Å². The van der Waals surface area contributed by atoms with Gasteiger partial charge in [-0.1, -0.05) is 24.3 Å². The van der Waals surface area contributed by atoms with Gasteiger partial charge in [-0.3, -0.25) is 4.79 Å². The predicted molar refractivity (Wildman–Crippen MR) is 88.8 cm³/mol. The molecule has 2 aromatic rings. The molecule has 120 valence electrons. The number of hydrogen-bond acceptors (Lipinski definition) is 3. The van der Waals surface area contributed by atoms with Gasteiger partial charge in [0.15, 0.2) is 6.61 Å². The Balaban J connectivity index is 1.59. The fourth-order valence-corrected chi connectivity index (χ4v) is 2.68. The van der Waals surface area contributed by atoms with Crippen LogP contribution in [0, 0.1) is 13.8 Å². The summed E-state index contributed by atoms with van der Waals surface area (Å²) in [6.07, 6.45) is 0.770. The van der Waals surface area contributed by atoms with Gasteiger partial charge in [-0.2, -0.15) is 0 Å². The van der Waals surface area contributed by atoms with Gasteiger partial charge in [0.1, 0.15) is 11.5 Å². The Morgan fingerprint density at radius 1 is 1.22 bits per heavy atom. The van der Waals surface area contributed by atoms with Gasteiger partial charge in [0.05, 0.1) is 12.6 Å². The van der Waals surface area contributed by atoms with Crippen LogP contribution in [0.5, 0.6) is 11.5 Å². The van der Waals surface area contributed by atoms with E-state index in [1.165, 1.54) is 5.56 Å². The Bertz CT molecular complexity index is 712. The number of nitrogens with one attached hydrogen (secondary N) is 1. The Hall–Kier alpha value is -2.49. The number of aryl methyl sites for hydroxylation is 2. The summed E-state index contributed by atoms with van der Waals surface area (Å²) in [5.74, 6) is 1.44. The highest BCUT2D eigenvalue weighted by Gasteiger charge is 2.22. The molecule has 3 rings (SSSR count). The number of ether oxygens (including phenoxy) is 2. The number of rotatable bonds is 4. The van der Waals surface area contributed by atoms with Crippen LogP contribution in [0.15, 0.2) is 42.5 Å². The van der Waals surface area contributed by atoms with Crippen molar-refractivity contribution in [3.63, 3.8) is 0 Å². The molecule has 1 aliphatic rings. The molecule has 1 heterocycles. The lowest BCUT2D eigenvalue weighted by atomic mass is 10.0. The van der Waals surface area contributed by atoms with Gasteiger partial charge < -0.3 is 14.8 Å². The van der Waals surface area contributed by atoms with Crippen LogP contribution >= 0.6 is 0 Å². The van der Waals surface area contributed by atoms with Gasteiger partial charge in [-0.05, 0) is 43.2 Å². The summed E-state index contributed by atoms with van der Waals surface area (Å²) >= 11 is 0. The molecular weight excluding hydrogens is 290 g/mol. The van der Waals surface area contributed by atoms with E-state index < -0.39 is 0 Å². The Kier molecular flexibility index (Phi) is 4.51. The first-order valence-electron chi connectivity index (χ1n) is 7.84. The maximum absolute atomic E-state index is 12.2. The summed E-state index contributed by atoms with van der Waals surface area (Å²) in [7, 11) is 0. The molecule has 1 N–H and O–H groups in total. The molecule has 1 unspecified atom stereocenters. The zero-order chi connectivity index (χ0) is 16.2. The van der Waals surface area contributed by atoms with Crippen molar-refractivity contribution in [2.45, 2.75) is 26.3 Å². The number of hydrogen-bond donors (Lipinski definition) is 1. The number of carbonyl (C=O) groups excluding carboxylic acids is 1. The highest BCUT2D eigenvalue weighted by molar-refractivity contribution is 5.78. The molecule has 0 saturated carbocycles. The summed E-state index contributed by atoms with van der Waals surface area (Å²) in [6, 6.07) is 13.6. The van der Waals surface area contributed by atoms with Crippen molar-refractivity contribution in [1.29, 1.82) is 0 Å². The van der Waals surface area contributed by atoms with Crippen molar-refractivity contribution in [3.8, 4) is 11.5 Å². The quantitative estimate of drug-likeness (QED) is 0.942. The van der Waals surface area contributed by atoms with Gasteiger partial charge in [0.25, 0.3) is 5.91 Å². The molecule has 0 fully saturated rings. The SMILES string of the molecule is Cc1ccc(OCC(=O)NC2CCOc3ccccc32)cc1C. The van der Waals surface area contributed by atoms with E-state index in [4.69, 9.17) is 9.47 Å². The van der Waals surface area contributed by atoms with Gasteiger partial charge in [-0.15, -0.1) is 0 Å². The largest absolute Gasteiger partial charge is 0.493 e. The van der Waals surface area contributed by atoms with Gasteiger partial charge in [-0.25, -0.2) is 0 Å². The average molecular weight is 311 g/mol. The van der Waals surface area contributed by atoms with E-state index in [2.05, 4.69) is 12.2 Å². The minimum absolute atomic E-state index is 0.0159. The molecule has 1 atom stereocenters. The second-order valence-electron chi connectivity index (χ2n) is 5.83. The summed E-state index contributed by atoms with van der Waals surface area (Å²) in [4.78, 5) is 12.2. The smallest absolute Gasteiger partial charge is 0.258 e. The minimum Gasteiger partial charge on any atom is -0.493 e. The third kappa shape index (κ3) is 3.65. The minimum atomic E-state index is -0.120. The van der Waals surface area contributed by atoms with Crippen LogP contribution < -0.4 is 14.8 Å². The molecule has 0 radical (unpaired) electrons. The molecule has 0 saturated heterocycles. The lowest BCUT2D eigenvalue weighted by molar-refractivity contribution is -0.124. The summed E-state index contributed by atoms with van der Waals surface area (Å²) < 4.78 is 11.2. The van der Waals surface area contributed by atoms with E-state index in [1.807, 2.05) is 49.4 Å². The van der Waals surface area contributed by atoms with E-state index in [-0.39, 0.29) is 18.6 Å². The third-order valence-corrected chi connectivity index (χ3v) is 4.14. The van der Waals surface area contributed by atoms with Crippen LogP contribution in [-0.4, -0.2) is 19.1 Å². The highest BCUT2D eigenvalue weighted by Crippen LogP contribution is 2.31. The number of amides is 1. The fourth-order valence-electron chi connectivity index (χ4n) is 2.68. The summed E-state index contributed by atoms with van der Waals surface area (Å²) in [5.41, 5.74) is 3.39. The Morgan fingerprint density at radius 2 is 2.04 bits per heavy atom. The molecule has 0 aromatic heterocycles. The highest BCUT2D eigenvalue weighted by atomic mass is 16.5. The normalized spacial score (nSPS) is 16.2. The van der Waals surface area contributed by atoms with Crippen LogP contribution in [0.4, 0.5) is 0 Å². The predicted octanol–water partition coefficient (Wildman–Crippen LogP) is 3.32. The van der Waals surface area contributed by atoms with E-state index in [1.54, 1.807) is 0 Å². The molecule has 4 nitrogen and oxygen atoms in total. The Labute approximate surface area is 136 Å². The molecule has 1 amide bonds. The zero-order valence-electron chi connectivity index (χ0n) is 13.5. The van der Waals surface area contributed by atoms with E-state index in [0.717, 1.165) is 29.0 Å². The average Bonchev–Trinajstić information content (AvgIpc) is 2.56. The molecule has 0 aliphatic carbocycles. The summed E-state index contributed by atoms with van der Waals surface area (Å²) in [5, 5.41) is 3.03. The van der Waals surface area contributed by atoms with Crippen molar-refractivity contribution in [3.05, 3.63) is 59.2 Å². The van der Waals surface area contributed by atoms with Crippen molar-refractivity contribution >= 4 is 5.91 Å². The monoisotopic (exact) mass is 311 g/mol. The Morgan fingerprint density at radius 3 is 2.87 bits per heavy atom. The van der Waals surface area contributed by atoms with Crippen LogP contribution in [-0.2, 0) is 4.79 Å². The van der Waals surface area contributed by atoms with Crippen LogP contribution in [0.1, 0.15) is 29.2 Å².